The highest BCUT2D eigenvalue weighted by atomic mass is 16.6. The van der Waals surface area contributed by atoms with Crippen LogP contribution in [0.25, 0.3) is 0 Å². The van der Waals surface area contributed by atoms with Crippen molar-refractivity contribution in [1.82, 2.24) is 0 Å². The molecule has 0 fully saturated rings. The van der Waals surface area contributed by atoms with Gasteiger partial charge in [0.1, 0.15) is 6.10 Å². The third kappa shape index (κ3) is 7.50. The van der Waals surface area contributed by atoms with E-state index in [4.69, 9.17) is 14.6 Å². The highest BCUT2D eigenvalue weighted by Crippen LogP contribution is 2.32. The zero-order valence-electron chi connectivity index (χ0n) is 17.3. The fourth-order valence-electron chi connectivity index (χ4n) is 2.87. The predicted octanol–water partition coefficient (Wildman–Crippen LogP) is 4.70. The monoisotopic (exact) mass is 427 g/mol. The summed E-state index contributed by atoms with van der Waals surface area (Å²) in [6.45, 7) is 1.46. The number of methoxy groups -OCH3 is 1. The molecule has 0 heterocycles. The van der Waals surface area contributed by atoms with E-state index in [0.717, 1.165) is 6.08 Å². The van der Waals surface area contributed by atoms with Crippen LogP contribution in [0.1, 0.15) is 48.2 Å². The van der Waals surface area contributed by atoms with Crippen LogP contribution in [0.3, 0.4) is 0 Å². The summed E-state index contributed by atoms with van der Waals surface area (Å²) in [4.78, 5) is 34.4. The van der Waals surface area contributed by atoms with Crippen molar-refractivity contribution in [1.29, 1.82) is 0 Å². The third-order valence-electron chi connectivity index (χ3n) is 4.46. The Labute approximate surface area is 180 Å². The van der Waals surface area contributed by atoms with Gasteiger partial charge in [0.05, 0.1) is 7.11 Å². The van der Waals surface area contributed by atoms with Crippen molar-refractivity contribution in [3.05, 3.63) is 65.7 Å². The van der Waals surface area contributed by atoms with Crippen LogP contribution in [0, 0.1) is 0 Å². The number of hydrogen-bond acceptors (Lipinski definition) is 6. The van der Waals surface area contributed by atoms with Crippen LogP contribution in [-0.4, -0.2) is 35.2 Å². The standard InChI is InChI=1S/C23H25NO7/c1-15(25)16-8-11-18(12-9-16)24-23(29)31-20(6-4-3-5-7-22(27)28)17-10-13-21(30-2)19(26)14-17/h5,7-14,20,26H,3-4,6H2,1-2H3,(H,24,29)(H,27,28)/b7-5+/t20-/m1/s1. The number of carbonyl (C=O) groups excluding carboxylic acids is 2. The van der Waals surface area contributed by atoms with Gasteiger partial charge in [-0.3, -0.25) is 10.1 Å². The molecule has 8 heteroatoms. The largest absolute Gasteiger partial charge is 0.504 e. The molecule has 2 rings (SSSR count). The number of carboxylic acids is 1. The Balaban J connectivity index is 2.09. The number of phenols is 1. The lowest BCUT2D eigenvalue weighted by atomic mass is 10.0. The number of benzene rings is 2. The quantitative estimate of drug-likeness (QED) is 0.285. The van der Waals surface area contributed by atoms with Gasteiger partial charge in [-0.1, -0.05) is 12.1 Å². The number of amides is 1. The molecule has 3 N–H and O–H groups in total. The first-order valence-corrected chi connectivity index (χ1v) is 9.65. The molecular weight excluding hydrogens is 402 g/mol. The van der Waals surface area contributed by atoms with Crippen molar-refractivity contribution < 1.29 is 34.1 Å². The number of phenolic OH excluding ortho intramolecular Hbond substituents is 1. The Morgan fingerprint density at radius 2 is 1.84 bits per heavy atom. The van der Waals surface area contributed by atoms with Crippen LogP contribution in [-0.2, 0) is 9.53 Å². The van der Waals surface area contributed by atoms with Gasteiger partial charge in [-0.2, -0.15) is 0 Å². The number of aliphatic carboxylic acids is 1. The second kappa shape index (κ2) is 11.4. The van der Waals surface area contributed by atoms with E-state index in [-0.39, 0.29) is 11.5 Å². The maximum atomic E-state index is 12.4. The van der Waals surface area contributed by atoms with Crippen LogP contribution < -0.4 is 10.1 Å². The maximum absolute atomic E-state index is 12.4. The fraction of sp³-hybridized carbons (Fsp3) is 0.261. The highest BCUT2D eigenvalue weighted by molar-refractivity contribution is 5.95. The Hall–Kier alpha value is -3.81. The number of ketones is 1. The summed E-state index contributed by atoms with van der Waals surface area (Å²) in [6.07, 6.45) is 2.67. The van der Waals surface area contributed by atoms with E-state index in [1.807, 2.05) is 0 Å². The molecule has 0 spiro atoms. The van der Waals surface area contributed by atoms with E-state index in [1.54, 1.807) is 36.4 Å². The maximum Gasteiger partial charge on any atom is 0.412 e. The first-order valence-electron chi connectivity index (χ1n) is 9.65. The minimum atomic E-state index is -1.02. The summed E-state index contributed by atoms with van der Waals surface area (Å²) in [5.74, 6) is -0.894. The molecule has 0 aliphatic heterocycles. The van der Waals surface area contributed by atoms with Crippen molar-refractivity contribution in [3.63, 3.8) is 0 Å². The van der Waals surface area contributed by atoms with Crippen molar-refractivity contribution in [3.8, 4) is 11.5 Å². The number of aromatic hydroxyl groups is 1. The summed E-state index contributed by atoms with van der Waals surface area (Å²) < 4.78 is 10.6. The van der Waals surface area contributed by atoms with Gasteiger partial charge >= 0.3 is 12.1 Å². The molecule has 0 saturated heterocycles. The van der Waals surface area contributed by atoms with Gasteiger partial charge in [-0.15, -0.1) is 0 Å². The second-order valence-corrected chi connectivity index (χ2v) is 6.76. The number of anilines is 1. The molecule has 8 nitrogen and oxygen atoms in total. The average molecular weight is 427 g/mol. The second-order valence-electron chi connectivity index (χ2n) is 6.76. The molecular formula is C23H25NO7. The highest BCUT2D eigenvalue weighted by Gasteiger charge is 2.18. The molecule has 0 aliphatic rings. The van der Waals surface area contributed by atoms with Crippen molar-refractivity contribution in [2.75, 3.05) is 12.4 Å². The van der Waals surface area contributed by atoms with Gasteiger partial charge in [-0.25, -0.2) is 9.59 Å². The zero-order chi connectivity index (χ0) is 22.8. The summed E-state index contributed by atoms with van der Waals surface area (Å²) in [6, 6.07) is 11.1. The smallest absolute Gasteiger partial charge is 0.412 e. The Morgan fingerprint density at radius 3 is 2.42 bits per heavy atom. The van der Waals surface area contributed by atoms with Gasteiger partial charge in [0.2, 0.25) is 0 Å². The summed E-state index contributed by atoms with van der Waals surface area (Å²) in [5, 5.41) is 21.3. The number of hydrogen-bond donors (Lipinski definition) is 3. The number of allylic oxidation sites excluding steroid dienone is 1. The van der Waals surface area contributed by atoms with Crippen molar-refractivity contribution in [2.45, 2.75) is 32.3 Å². The normalized spacial score (nSPS) is 11.7. The van der Waals surface area contributed by atoms with Crippen LogP contribution >= 0.6 is 0 Å². The lowest BCUT2D eigenvalue weighted by Gasteiger charge is -2.19. The van der Waals surface area contributed by atoms with E-state index < -0.39 is 18.2 Å². The molecule has 164 valence electrons. The SMILES string of the molecule is COc1ccc([C@@H](CCC/C=C/C(=O)O)OC(=O)Nc2ccc(C(C)=O)cc2)cc1O. The summed E-state index contributed by atoms with van der Waals surface area (Å²) >= 11 is 0. The molecule has 0 saturated carbocycles. The van der Waals surface area contributed by atoms with Gasteiger partial charge in [0.15, 0.2) is 17.3 Å². The van der Waals surface area contributed by atoms with E-state index in [2.05, 4.69) is 5.32 Å². The molecule has 1 amide bonds. The molecule has 0 radical (unpaired) electrons. The van der Waals surface area contributed by atoms with Crippen LogP contribution in [0.2, 0.25) is 0 Å². The van der Waals surface area contributed by atoms with E-state index >= 15 is 0 Å². The van der Waals surface area contributed by atoms with E-state index in [9.17, 15) is 19.5 Å². The van der Waals surface area contributed by atoms with Gasteiger partial charge in [0, 0.05) is 17.3 Å². The number of nitrogens with one attached hydrogen (secondary N) is 1. The Kier molecular flexibility index (Phi) is 8.63. The third-order valence-corrected chi connectivity index (χ3v) is 4.46. The number of rotatable bonds is 10. The average Bonchev–Trinajstić information content (AvgIpc) is 2.72. The molecule has 0 unspecified atom stereocenters. The van der Waals surface area contributed by atoms with E-state index in [1.165, 1.54) is 26.2 Å². The van der Waals surface area contributed by atoms with Gasteiger partial charge in [-0.05, 0) is 68.1 Å². The van der Waals surface area contributed by atoms with Crippen molar-refractivity contribution >= 4 is 23.5 Å². The molecule has 0 aliphatic carbocycles. The zero-order valence-corrected chi connectivity index (χ0v) is 17.3. The first kappa shape index (κ1) is 23.5. The van der Waals surface area contributed by atoms with Crippen LogP contribution in [0.5, 0.6) is 11.5 Å². The fourth-order valence-corrected chi connectivity index (χ4v) is 2.87. The minimum absolute atomic E-state index is 0.0783. The summed E-state index contributed by atoms with van der Waals surface area (Å²) in [7, 11) is 1.43. The Bertz CT molecular complexity index is 951. The van der Waals surface area contributed by atoms with Gasteiger partial charge < -0.3 is 19.7 Å². The number of carbonyl (C=O) groups is 3. The lowest BCUT2D eigenvalue weighted by Crippen LogP contribution is -2.17. The minimum Gasteiger partial charge on any atom is -0.504 e. The summed E-state index contributed by atoms with van der Waals surface area (Å²) in [5.41, 5.74) is 1.57. The van der Waals surface area contributed by atoms with Crippen LogP contribution in [0.4, 0.5) is 10.5 Å². The molecule has 31 heavy (non-hydrogen) atoms. The van der Waals surface area contributed by atoms with E-state index in [0.29, 0.717) is 41.8 Å². The number of carboxylic acid groups (broad SMARTS) is 1. The van der Waals surface area contributed by atoms with Gasteiger partial charge in [0.25, 0.3) is 0 Å². The Morgan fingerprint density at radius 1 is 1.13 bits per heavy atom. The molecule has 0 aromatic heterocycles. The van der Waals surface area contributed by atoms with Crippen LogP contribution in [0.15, 0.2) is 54.6 Å². The lowest BCUT2D eigenvalue weighted by molar-refractivity contribution is -0.131. The molecule has 0 bridgehead atoms. The molecule has 2 aromatic carbocycles. The molecule has 2 aromatic rings. The van der Waals surface area contributed by atoms with Crippen molar-refractivity contribution in [2.24, 2.45) is 0 Å². The predicted molar refractivity (Wildman–Crippen MR) is 115 cm³/mol. The molecule has 1 atom stereocenters. The number of Topliss-reactive ketones (excluding diaryl/α,β-unsaturated/α-hetero) is 1. The number of unbranched alkanes of at least 4 members (excludes halogenated alkanes) is 1. The topological polar surface area (TPSA) is 122 Å². The number of ether oxygens (including phenoxy) is 2. The first-order chi connectivity index (χ1) is 14.8.